The van der Waals surface area contributed by atoms with Gasteiger partial charge in [0.15, 0.2) is 9.04 Å². The normalized spacial score (nSPS) is 11.4. The summed E-state index contributed by atoms with van der Waals surface area (Å²) in [6, 6.07) is 2.78. The monoisotopic (exact) mass is 424 g/mol. The Labute approximate surface area is 187 Å². The first-order valence-corrected chi connectivity index (χ1v) is 15.7. The number of hydrogen-bond acceptors (Lipinski definition) is 1. The minimum absolute atomic E-state index is 0.784. The molecule has 0 heterocycles. The standard InChI is InChI=1S/C27H56OSi/c1-4-7-9-11-13-15-17-19-21-23-26-29(28-25-6-3)27-24-22-20-18-16-14-12-10-8-5-2/h6,29H,3-5,7-27H2,1-2H3. The average molecular weight is 425 g/mol. The maximum atomic E-state index is 6.18. The van der Waals surface area contributed by atoms with Crippen LogP contribution in [0.1, 0.15) is 142 Å². The lowest BCUT2D eigenvalue weighted by Gasteiger charge is -2.15. The zero-order valence-electron chi connectivity index (χ0n) is 20.5. The van der Waals surface area contributed by atoms with Gasteiger partial charge in [-0.15, -0.1) is 6.58 Å². The first-order chi connectivity index (χ1) is 14.3. The maximum absolute atomic E-state index is 6.18. The summed E-state index contributed by atoms with van der Waals surface area (Å²) in [5.74, 6) is 0. The van der Waals surface area contributed by atoms with E-state index in [-0.39, 0.29) is 0 Å². The van der Waals surface area contributed by atoms with E-state index in [1.54, 1.807) is 0 Å². The SMILES string of the molecule is C=CCO[SiH](CCCCCCCCCCCC)CCCCCCCCCCCC. The van der Waals surface area contributed by atoms with Crippen LogP contribution in [-0.2, 0) is 4.43 Å². The van der Waals surface area contributed by atoms with E-state index in [0.717, 1.165) is 6.61 Å². The van der Waals surface area contributed by atoms with Gasteiger partial charge in [0.25, 0.3) is 0 Å². The van der Waals surface area contributed by atoms with E-state index in [1.807, 2.05) is 6.08 Å². The molecule has 0 atom stereocenters. The summed E-state index contributed by atoms with van der Waals surface area (Å²) < 4.78 is 6.18. The second kappa shape index (κ2) is 26.0. The molecule has 0 aliphatic rings. The molecule has 0 N–H and O–H groups in total. The van der Waals surface area contributed by atoms with Gasteiger partial charge in [0.05, 0.1) is 6.61 Å². The summed E-state index contributed by atoms with van der Waals surface area (Å²) in [4.78, 5) is 0. The van der Waals surface area contributed by atoms with Gasteiger partial charge < -0.3 is 4.43 Å². The summed E-state index contributed by atoms with van der Waals surface area (Å²) in [7, 11) is -0.979. The Bertz CT molecular complexity index is 281. The summed E-state index contributed by atoms with van der Waals surface area (Å²) >= 11 is 0. The van der Waals surface area contributed by atoms with Gasteiger partial charge in [-0.25, -0.2) is 0 Å². The lowest BCUT2D eigenvalue weighted by molar-refractivity contribution is 0.361. The van der Waals surface area contributed by atoms with Crippen LogP contribution in [-0.4, -0.2) is 15.6 Å². The zero-order chi connectivity index (χ0) is 21.3. The summed E-state index contributed by atoms with van der Waals surface area (Å²) in [6.07, 6.45) is 30.6. The molecule has 0 unspecified atom stereocenters. The van der Waals surface area contributed by atoms with E-state index >= 15 is 0 Å². The molecule has 0 radical (unpaired) electrons. The molecule has 0 saturated heterocycles. The van der Waals surface area contributed by atoms with E-state index < -0.39 is 9.04 Å². The molecule has 0 amide bonds. The fraction of sp³-hybridized carbons (Fsp3) is 0.926. The van der Waals surface area contributed by atoms with Crippen molar-refractivity contribution in [3.05, 3.63) is 12.7 Å². The van der Waals surface area contributed by atoms with Gasteiger partial charge in [-0.05, 0) is 12.1 Å². The molecule has 0 aromatic rings. The molecule has 0 aliphatic heterocycles. The molecule has 0 bridgehead atoms. The fourth-order valence-corrected chi connectivity index (χ4v) is 6.75. The highest BCUT2D eigenvalue weighted by atomic mass is 28.3. The van der Waals surface area contributed by atoms with Crippen molar-refractivity contribution >= 4 is 9.04 Å². The van der Waals surface area contributed by atoms with Crippen LogP contribution >= 0.6 is 0 Å². The van der Waals surface area contributed by atoms with Gasteiger partial charge in [0, 0.05) is 0 Å². The molecule has 1 nitrogen and oxygen atoms in total. The first kappa shape index (κ1) is 28.9. The van der Waals surface area contributed by atoms with Crippen molar-refractivity contribution in [3.8, 4) is 0 Å². The third-order valence-electron chi connectivity index (χ3n) is 6.21. The number of hydrogen-bond donors (Lipinski definition) is 0. The summed E-state index contributed by atoms with van der Waals surface area (Å²) in [5.41, 5.74) is 0. The van der Waals surface area contributed by atoms with Crippen molar-refractivity contribution in [2.45, 2.75) is 154 Å². The Morgan fingerprint density at radius 3 is 1.14 bits per heavy atom. The molecule has 2 heteroatoms. The van der Waals surface area contributed by atoms with Crippen LogP contribution in [0.5, 0.6) is 0 Å². The lowest BCUT2D eigenvalue weighted by atomic mass is 10.1. The van der Waals surface area contributed by atoms with Gasteiger partial charge in [-0.2, -0.15) is 0 Å². The van der Waals surface area contributed by atoms with Crippen molar-refractivity contribution in [3.63, 3.8) is 0 Å². The third-order valence-corrected chi connectivity index (χ3v) is 8.98. The molecule has 0 fully saturated rings. The number of rotatable bonds is 25. The Morgan fingerprint density at radius 2 is 0.828 bits per heavy atom. The van der Waals surface area contributed by atoms with Gasteiger partial charge in [-0.3, -0.25) is 0 Å². The third kappa shape index (κ3) is 24.1. The topological polar surface area (TPSA) is 9.23 Å². The average Bonchev–Trinajstić information content (AvgIpc) is 2.74. The smallest absolute Gasteiger partial charge is 0.177 e. The Hall–Kier alpha value is -0.0831. The largest absolute Gasteiger partial charge is 0.416 e. The molecule has 29 heavy (non-hydrogen) atoms. The fourth-order valence-electron chi connectivity index (χ4n) is 4.23. The van der Waals surface area contributed by atoms with Crippen LogP contribution < -0.4 is 0 Å². The summed E-state index contributed by atoms with van der Waals surface area (Å²) in [5, 5.41) is 0. The first-order valence-electron chi connectivity index (χ1n) is 13.6. The van der Waals surface area contributed by atoms with Crippen LogP contribution in [0.15, 0.2) is 12.7 Å². The van der Waals surface area contributed by atoms with E-state index in [2.05, 4.69) is 20.4 Å². The van der Waals surface area contributed by atoms with Gasteiger partial charge in [0.2, 0.25) is 0 Å². The van der Waals surface area contributed by atoms with Crippen LogP contribution in [0.2, 0.25) is 12.1 Å². The zero-order valence-corrected chi connectivity index (χ0v) is 21.7. The Morgan fingerprint density at radius 1 is 0.517 bits per heavy atom. The highest BCUT2D eigenvalue weighted by Crippen LogP contribution is 2.17. The predicted octanol–water partition coefficient (Wildman–Crippen LogP) is 9.75. The molecule has 0 aromatic heterocycles. The molecule has 0 spiro atoms. The molecule has 0 aliphatic carbocycles. The predicted molar refractivity (Wildman–Crippen MR) is 137 cm³/mol. The van der Waals surface area contributed by atoms with Crippen molar-refractivity contribution in [2.24, 2.45) is 0 Å². The maximum Gasteiger partial charge on any atom is 0.177 e. The summed E-state index contributed by atoms with van der Waals surface area (Å²) in [6.45, 7) is 9.22. The second-order valence-electron chi connectivity index (χ2n) is 9.19. The van der Waals surface area contributed by atoms with Crippen LogP contribution in [0.3, 0.4) is 0 Å². The lowest BCUT2D eigenvalue weighted by Crippen LogP contribution is -2.17. The van der Waals surface area contributed by atoms with E-state index in [0.29, 0.717) is 0 Å². The quantitative estimate of drug-likeness (QED) is 0.0804. The molecule has 0 aromatic carbocycles. The molecular weight excluding hydrogens is 368 g/mol. The van der Waals surface area contributed by atoms with Crippen LogP contribution in [0.4, 0.5) is 0 Å². The Kier molecular flexibility index (Phi) is 25.9. The highest BCUT2D eigenvalue weighted by Gasteiger charge is 2.11. The van der Waals surface area contributed by atoms with E-state index in [4.69, 9.17) is 4.43 Å². The molecular formula is C27H56OSi. The molecule has 0 saturated carbocycles. The van der Waals surface area contributed by atoms with Crippen LogP contribution in [0.25, 0.3) is 0 Å². The van der Waals surface area contributed by atoms with Crippen molar-refractivity contribution in [1.29, 1.82) is 0 Å². The number of unbranched alkanes of at least 4 members (excludes halogenated alkanes) is 18. The van der Waals surface area contributed by atoms with Crippen molar-refractivity contribution < 1.29 is 4.43 Å². The van der Waals surface area contributed by atoms with Gasteiger partial charge in [-0.1, -0.05) is 148 Å². The van der Waals surface area contributed by atoms with Crippen molar-refractivity contribution in [2.75, 3.05) is 6.61 Å². The minimum atomic E-state index is -0.979. The highest BCUT2D eigenvalue weighted by molar-refractivity contribution is 6.51. The molecule has 174 valence electrons. The Balaban J connectivity index is 3.53. The second-order valence-corrected chi connectivity index (χ2v) is 11.9. The van der Waals surface area contributed by atoms with Crippen LogP contribution in [0, 0.1) is 0 Å². The minimum Gasteiger partial charge on any atom is -0.416 e. The van der Waals surface area contributed by atoms with Gasteiger partial charge >= 0.3 is 0 Å². The van der Waals surface area contributed by atoms with E-state index in [1.165, 1.54) is 141 Å². The van der Waals surface area contributed by atoms with Gasteiger partial charge in [0.1, 0.15) is 0 Å². The molecule has 0 rings (SSSR count). The van der Waals surface area contributed by atoms with E-state index in [9.17, 15) is 0 Å². The van der Waals surface area contributed by atoms with Crippen molar-refractivity contribution in [1.82, 2.24) is 0 Å².